The highest BCUT2D eigenvalue weighted by molar-refractivity contribution is 5.45. The molecule has 19 heavy (non-hydrogen) atoms. The van der Waals surface area contributed by atoms with Gasteiger partial charge in [0.25, 0.3) is 0 Å². The van der Waals surface area contributed by atoms with E-state index in [0.29, 0.717) is 6.79 Å². The molecule has 1 fully saturated rings. The molecular formula is C15H22N2O2. The van der Waals surface area contributed by atoms with Crippen LogP contribution in [0.15, 0.2) is 18.2 Å². The van der Waals surface area contributed by atoms with Crippen LogP contribution in [0.4, 0.5) is 0 Å². The van der Waals surface area contributed by atoms with Crippen molar-refractivity contribution in [3.05, 3.63) is 23.8 Å². The Labute approximate surface area is 114 Å². The molecule has 0 spiro atoms. The highest BCUT2D eigenvalue weighted by Crippen LogP contribution is 2.35. The lowest BCUT2D eigenvalue weighted by molar-refractivity contribution is 0.164. The van der Waals surface area contributed by atoms with Crippen molar-refractivity contribution in [3.8, 4) is 11.5 Å². The maximum absolute atomic E-state index is 6.35. The molecule has 4 heteroatoms. The van der Waals surface area contributed by atoms with Gasteiger partial charge in [-0.3, -0.25) is 4.90 Å². The summed E-state index contributed by atoms with van der Waals surface area (Å²) in [6, 6.07) is 6.02. The number of rotatable bonds is 3. The van der Waals surface area contributed by atoms with Gasteiger partial charge >= 0.3 is 0 Å². The normalized spacial score (nSPS) is 22.7. The Morgan fingerprint density at radius 1 is 1.32 bits per heavy atom. The molecule has 1 aromatic carbocycles. The number of nitrogens with two attached hydrogens (primary N) is 1. The summed E-state index contributed by atoms with van der Waals surface area (Å²) in [5.41, 5.74) is 7.74. The number of hydrogen-bond acceptors (Lipinski definition) is 4. The summed E-state index contributed by atoms with van der Waals surface area (Å²) in [6.45, 7) is 6.95. The van der Waals surface area contributed by atoms with Crippen molar-refractivity contribution >= 4 is 0 Å². The fourth-order valence-corrected chi connectivity index (χ4v) is 2.99. The van der Waals surface area contributed by atoms with Crippen molar-refractivity contribution in [2.75, 3.05) is 19.9 Å². The van der Waals surface area contributed by atoms with Gasteiger partial charge < -0.3 is 15.2 Å². The monoisotopic (exact) mass is 262 g/mol. The molecule has 0 radical (unpaired) electrons. The van der Waals surface area contributed by atoms with Crippen LogP contribution in [-0.2, 0) is 0 Å². The third-order valence-corrected chi connectivity index (χ3v) is 4.31. The predicted octanol–water partition coefficient (Wildman–Crippen LogP) is 2.29. The van der Waals surface area contributed by atoms with Crippen LogP contribution < -0.4 is 15.2 Å². The lowest BCUT2D eigenvalue weighted by Gasteiger charge is -2.33. The zero-order valence-corrected chi connectivity index (χ0v) is 11.7. The summed E-state index contributed by atoms with van der Waals surface area (Å²) < 4.78 is 10.7. The SMILES string of the molecule is CC1(C)CCCN1CC(N)c1ccc2c(c1)OCO2. The Morgan fingerprint density at radius 3 is 2.84 bits per heavy atom. The van der Waals surface area contributed by atoms with Crippen molar-refractivity contribution < 1.29 is 9.47 Å². The van der Waals surface area contributed by atoms with Gasteiger partial charge in [0, 0.05) is 18.1 Å². The number of hydrogen-bond donors (Lipinski definition) is 1. The van der Waals surface area contributed by atoms with Gasteiger partial charge in [0.1, 0.15) is 0 Å². The fraction of sp³-hybridized carbons (Fsp3) is 0.600. The first-order chi connectivity index (χ1) is 9.06. The lowest BCUT2D eigenvalue weighted by Crippen LogP contribution is -2.42. The second kappa shape index (κ2) is 4.69. The Kier molecular flexibility index (Phi) is 3.15. The summed E-state index contributed by atoms with van der Waals surface area (Å²) >= 11 is 0. The molecule has 3 rings (SSSR count). The standard InChI is InChI=1S/C15H22N2O2/c1-15(2)6-3-7-17(15)9-12(16)11-4-5-13-14(8-11)19-10-18-13/h4-5,8,12H,3,6-7,9-10,16H2,1-2H3. The first-order valence-electron chi connectivity index (χ1n) is 6.96. The quantitative estimate of drug-likeness (QED) is 0.908. The molecule has 0 amide bonds. The van der Waals surface area contributed by atoms with Gasteiger partial charge in [0.2, 0.25) is 6.79 Å². The minimum Gasteiger partial charge on any atom is -0.454 e. The van der Waals surface area contributed by atoms with Crippen LogP contribution in [0.2, 0.25) is 0 Å². The van der Waals surface area contributed by atoms with Crippen LogP contribution in [0, 0.1) is 0 Å². The molecule has 104 valence electrons. The zero-order chi connectivity index (χ0) is 13.5. The number of benzene rings is 1. The molecule has 2 aliphatic rings. The van der Waals surface area contributed by atoms with Crippen molar-refractivity contribution in [1.29, 1.82) is 0 Å². The van der Waals surface area contributed by atoms with Crippen LogP contribution in [0.3, 0.4) is 0 Å². The smallest absolute Gasteiger partial charge is 0.231 e. The first kappa shape index (κ1) is 12.8. The van der Waals surface area contributed by atoms with E-state index in [1.807, 2.05) is 18.2 Å². The Morgan fingerprint density at radius 2 is 2.11 bits per heavy atom. The van der Waals surface area contributed by atoms with Gasteiger partial charge in [-0.2, -0.15) is 0 Å². The Balaban J connectivity index is 1.72. The summed E-state index contributed by atoms with van der Waals surface area (Å²) in [5, 5.41) is 0. The lowest BCUT2D eigenvalue weighted by atomic mass is 10.0. The van der Waals surface area contributed by atoms with E-state index in [1.54, 1.807) is 0 Å². The van der Waals surface area contributed by atoms with Gasteiger partial charge in [0.15, 0.2) is 11.5 Å². The van der Waals surface area contributed by atoms with Crippen molar-refractivity contribution in [2.45, 2.75) is 38.3 Å². The molecule has 2 N–H and O–H groups in total. The molecule has 0 aromatic heterocycles. The second-order valence-corrected chi connectivity index (χ2v) is 6.08. The molecule has 1 atom stereocenters. The molecule has 4 nitrogen and oxygen atoms in total. The van der Waals surface area contributed by atoms with E-state index >= 15 is 0 Å². The van der Waals surface area contributed by atoms with Crippen LogP contribution >= 0.6 is 0 Å². The average molecular weight is 262 g/mol. The fourth-order valence-electron chi connectivity index (χ4n) is 2.99. The highest BCUT2D eigenvalue weighted by Gasteiger charge is 2.32. The molecule has 1 saturated heterocycles. The third-order valence-electron chi connectivity index (χ3n) is 4.31. The van der Waals surface area contributed by atoms with Gasteiger partial charge in [-0.1, -0.05) is 6.07 Å². The van der Waals surface area contributed by atoms with Crippen molar-refractivity contribution in [3.63, 3.8) is 0 Å². The van der Waals surface area contributed by atoms with Crippen LogP contribution in [0.1, 0.15) is 38.3 Å². The van der Waals surface area contributed by atoms with E-state index in [1.165, 1.54) is 12.8 Å². The Bertz CT molecular complexity index is 473. The predicted molar refractivity (Wildman–Crippen MR) is 74.4 cm³/mol. The van der Waals surface area contributed by atoms with Crippen molar-refractivity contribution in [2.24, 2.45) is 5.73 Å². The van der Waals surface area contributed by atoms with Crippen LogP contribution in [0.25, 0.3) is 0 Å². The highest BCUT2D eigenvalue weighted by atomic mass is 16.7. The molecule has 2 aliphatic heterocycles. The largest absolute Gasteiger partial charge is 0.454 e. The number of likely N-dealkylation sites (tertiary alicyclic amines) is 1. The van der Waals surface area contributed by atoms with Gasteiger partial charge in [-0.25, -0.2) is 0 Å². The average Bonchev–Trinajstić information content (AvgIpc) is 2.95. The van der Waals surface area contributed by atoms with Crippen LogP contribution in [0.5, 0.6) is 11.5 Å². The van der Waals surface area contributed by atoms with E-state index in [-0.39, 0.29) is 11.6 Å². The summed E-state index contributed by atoms with van der Waals surface area (Å²) in [6.07, 6.45) is 2.52. The third kappa shape index (κ3) is 2.42. The molecule has 1 unspecified atom stereocenters. The number of ether oxygens (including phenoxy) is 2. The van der Waals surface area contributed by atoms with E-state index in [4.69, 9.17) is 15.2 Å². The van der Waals surface area contributed by atoms with Crippen LogP contribution in [-0.4, -0.2) is 30.3 Å². The van der Waals surface area contributed by atoms with Gasteiger partial charge in [-0.05, 0) is 50.9 Å². The van der Waals surface area contributed by atoms with E-state index in [2.05, 4.69) is 18.7 Å². The number of fused-ring (bicyclic) bond motifs is 1. The summed E-state index contributed by atoms with van der Waals surface area (Å²) in [4.78, 5) is 2.49. The Hall–Kier alpha value is -1.26. The van der Waals surface area contributed by atoms with E-state index in [0.717, 1.165) is 30.2 Å². The van der Waals surface area contributed by atoms with Gasteiger partial charge in [-0.15, -0.1) is 0 Å². The molecular weight excluding hydrogens is 240 g/mol. The first-order valence-corrected chi connectivity index (χ1v) is 6.96. The maximum Gasteiger partial charge on any atom is 0.231 e. The van der Waals surface area contributed by atoms with Crippen molar-refractivity contribution in [1.82, 2.24) is 4.90 Å². The molecule has 0 saturated carbocycles. The molecule has 0 aliphatic carbocycles. The maximum atomic E-state index is 6.35. The minimum absolute atomic E-state index is 0.0203. The summed E-state index contributed by atoms with van der Waals surface area (Å²) in [7, 11) is 0. The number of nitrogens with zero attached hydrogens (tertiary/aromatic N) is 1. The molecule has 1 aromatic rings. The zero-order valence-electron chi connectivity index (χ0n) is 11.7. The second-order valence-electron chi connectivity index (χ2n) is 6.08. The summed E-state index contributed by atoms with van der Waals surface area (Å²) in [5.74, 6) is 1.63. The molecule has 2 heterocycles. The van der Waals surface area contributed by atoms with E-state index < -0.39 is 0 Å². The topological polar surface area (TPSA) is 47.7 Å². The van der Waals surface area contributed by atoms with Gasteiger partial charge in [0.05, 0.1) is 0 Å². The van der Waals surface area contributed by atoms with E-state index in [9.17, 15) is 0 Å². The minimum atomic E-state index is 0.0203. The molecule has 0 bridgehead atoms.